The Balaban J connectivity index is 1.72. The second-order valence-corrected chi connectivity index (χ2v) is 6.82. The molecular formula is C21H21NO4. The minimum atomic E-state index is -0.644. The van der Waals surface area contributed by atoms with Crippen LogP contribution in [-0.2, 0) is 14.9 Å². The fraction of sp³-hybridized carbons (Fsp3) is 0.238. The molecule has 0 aliphatic carbocycles. The van der Waals surface area contributed by atoms with Gasteiger partial charge in [-0.1, -0.05) is 38.1 Å². The van der Waals surface area contributed by atoms with Gasteiger partial charge in [-0.2, -0.15) is 0 Å². The number of likely N-dealkylation sites (N-methyl/N-ethyl adjacent to an activating group) is 1. The molecule has 0 fully saturated rings. The SMILES string of the molecule is CN1/C(=C\C(=O)COC(=O)c2cccc(O)c2)C(C)(C)c2ccccc21. The van der Waals surface area contributed by atoms with Crippen molar-refractivity contribution in [3.63, 3.8) is 0 Å². The molecule has 3 rings (SSSR count). The van der Waals surface area contributed by atoms with E-state index in [4.69, 9.17) is 4.74 Å². The van der Waals surface area contributed by atoms with Crippen molar-refractivity contribution in [2.24, 2.45) is 0 Å². The van der Waals surface area contributed by atoms with E-state index in [2.05, 4.69) is 19.9 Å². The van der Waals surface area contributed by atoms with Gasteiger partial charge in [-0.05, 0) is 29.8 Å². The van der Waals surface area contributed by atoms with Gasteiger partial charge >= 0.3 is 5.97 Å². The number of hydrogen-bond acceptors (Lipinski definition) is 5. The van der Waals surface area contributed by atoms with Crippen molar-refractivity contribution >= 4 is 17.4 Å². The van der Waals surface area contributed by atoms with Gasteiger partial charge in [0.25, 0.3) is 0 Å². The fourth-order valence-electron chi connectivity index (χ4n) is 3.31. The topological polar surface area (TPSA) is 66.8 Å². The third kappa shape index (κ3) is 3.20. The number of phenols is 1. The number of carbonyl (C=O) groups excluding carboxylic acids is 2. The number of para-hydroxylation sites is 1. The molecule has 1 N–H and O–H groups in total. The molecule has 0 bridgehead atoms. The number of carbonyl (C=O) groups is 2. The summed E-state index contributed by atoms with van der Waals surface area (Å²) in [6.45, 7) is 3.78. The largest absolute Gasteiger partial charge is 0.508 e. The molecule has 26 heavy (non-hydrogen) atoms. The summed E-state index contributed by atoms with van der Waals surface area (Å²) >= 11 is 0. The Morgan fingerprint density at radius 3 is 2.58 bits per heavy atom. The maximum absolute atomic E-state index is 12.4. The smallest absolute Gasteiger partial charge is 0.338 e. The summed E-state index contributed by atoms with van der Waals surface area (Å²) in [5, 5.41) is 9.41. The molecule has 5 heteroatoms. The molecule has 5 nitrogen and oxygen atoms in total. The van der Waals surface area contributed by atoms with Crippen LogP contribution in [-0.4, -0.2) is 30.5 Å². The summed E-state index contributed by atoms with van der Waals surface area (Å²) in [6.07, 6.45) is 1.54. The number of nitrogens with zero attached hydrogens (tertiary/aromatic N) is 1. The molecule has 0 unspecified atom stereocenters. The monoisotopic (exact) mass is 351 g/mol. The molecule has 0 saturated heterocycles. The van der Waals surface area contributed by atoms with Crippen molar-refractivity contribution in [3.8, 4) is 5.75 Å². The summed E-state index contributed by atoms with van der Waals surface area (Å²) in [5.41, 5.74) is 2.97. The second-order valence-electron chi connectivity index (χ2n) is 6.82. The molecule has 2 aromatic carbocycles. The van der Waals surface area contributed by atoms with Gasteiger partial charge in [0.05, 0.1) is 5.56 Å². The zero-order chi connectivity index (χ0) is 18.9. The van der Waals surface area contributed by atoms with E-state index >= 15 is 0 Å². The van der Waals surface area contributed by atoms with E-state index in [1.807, 2.05) is 30.1 Å². The Bertz CT molecular complexity index is 898. The van der Waals surface area contributed by atoms with Crippen LogP contribution < -0.4 is 4.90 Å². The Labute approximate surface area is 152 Å². The number of rotatable bonds is 4. The molecule has 1 heterocycles. The molecule has 0 atom stereocenters. The first kappa shape index (κ1) is 17.7. The average Bonchev–Trinajstić information content (AvgIpc) is 2.81. The highest BCUT2D eigenvalue weighted by Crippen LogP contribution is 2.46. The van der Waals surface area contributed by atoms with Crippen LogP contribution in [0.2, 0.25) is 0 Å². The summed E-state index contributed by atoms with van der Waals surface area (Å²) in [4.78, 5) is 26.3. The maximum atomic E-state index is 12.4. The van der Waals surface area contributed by atoms with E-state index < -0.39 is 5.97 Å². The predicted molar refractivity (Wildman–Crippen MR) is 99.4 cm³/mol. The molecule has 134 valence electrons. The van der Waals surface area contributed by atoms with Gasteiger partial charge < -0.3 is 14.7 Å². The summed E-state index contributed by atoms with van der Waals surface area (Å²) in [6, 6.07) is 13.9. The predicted octanol–water partition coefficient (Wildman–Crippen LogP) is 3.43. The van der Waals surface area contributed by atoms with E-state index in [0.717, 1.165) is 16.9 Å². The minimum absolute atomic E-state index is 0.0278. The van der Waals surface area contributed by atoms with Crippen molar-refractivity contribution in [1.82, 2.24) is 0 Å². The lowest BCUT2D eigenvalue weighted by molar-refractivity contribution is -0.117. The van der Waals surface area contributed by atoms with Crippen LogP contribution in [0.3, 0.4) is 0 Å². The molecule has 0 aromatic heterocycles. The maximum Gasteiger partial charge on any atom is 0.338 e. The Hall–Kier alpha value is -3.08. The standard InChI is InChI=1S/C21H21NO4/c1-21(2)17-9-4-5-10-18(17)22(3)19(21)12-16(24)13-26-20(25)14-7-6-8-15(23)11-14/h4-12,23H,13H2,1-3H3/b19-12-. The summed E-state index contributed by atoms with van der Waals surface area (Å²) < 4.78 is 5.07. The second kappa shape index (κ2) is 6.67. The Morgan fingerprint density at radius 1 is 1.15 bits per heavy atom. The van der Waals surface area contributed by atoms with Gasteiger partial charge in [-0.25, -0.2) is 4.79 Å². The number of fused-ring (bicyclic) bond motifs is 1. The third-order valence-electron chi connectivity index (χ3n) is 4.67. The number of ketones is 1. The summed E-state index contributed by atoms with van der Waals surface area (Å²) in [7, 11) is 1.92. The fourth-order valence-corrected chi connectivity index (χ4v) is 3.31. The van der Waals surface area contributed by atoms with E-state index in [-0.39, 0.29) is 29.1 Å². The van der Waals surface area contributed by atoms with E-state index in [9.17, 15) is 14.7 Å². The number of esters is 1. The molecule has 2 aromatic rings. The van der Waals surface area contributed by atoms with E-state index in [1.54, 1.807) is 6.07 Å². The molecular weight excluding hydrogens is 330 g/mol. The van der Waals surface area contributed by atoms with E-state index in [1.165, 1.54) is 24.3 Å². The van der Waals surface area contributed by atoms with Crippen molar-refractivity contribution in [3.05, 3.63) is 71.4 Å². The molecule has 0 saturated carbocycles. The van der Waals surface area contributed by atoms with Crippen LogP contribution in [0.4, 0.5) is 5.69 Å². The van der Waals surface area contributed by atoms with E-state index in [0.29, 0.717) is 0 Å². The number of anilines is 1. The molecule has 1 aliphatic rings. The Kier molecular flexibility index (Phi) is 4.55. The first-order valence-corrected chi connectivity index (χ1v) is 8.35. The highest BCUT2D eigenvalue weighted by atomic mass is 16.5. The van der Waals surface area contributed by atoms with Crippen LogP contribution in [0.25, 0.3) is 0 Å². The van der Waals surface area contributed by atoms with Crippen molar-refractivity contribution in [2.45, 2.75) is 19.3 Å². The van der Waals surface area contributed by atoms with Crippen molar-refractivity contribution in [1.29, 1.82) is 0 Å². The quantitative estimate of drug-likeness (QED) is 0.675. The summed E-state index contributed by atoms with van der Waals surface area (Å²) in [5.74, 6) is -0.962. The van der Waals surface area contributed by atoms with Gasteiger partial charge in [0, 0.05) is 29.9 Å². The first-order valence-electron chi connectivity index (χ1n) is 8.35. The van der Waals surface area contributed by atoms with Gasteiger partial charge in [0.1, 0.15) is 5.75 Å². The van der Waals surface area contributed by atoms with Crippen LogP contribution >= 0.6 is 0 Å². The van der Waals surface area contributed by atoms with Crippen LogP contribution in [0.1, 0.15) is 29.8 Å². The molecule has 0 spiro atoms. The number of phenolic OH excluding ortho intramolecular Hbond substituents is 1. The highest BCUT2D eigenvalue weighted by molar-refractivity contribution is 5.96. The number of allylic oxidation sites excluding steroid dienone is 1. The van der Waals surface area contributed by atoms with Crippen LogP contribution in [0.5, 0.6) is 5.75 Å². The van der Waals surface area contributed by atoms with Gasteiger partial charge in [0.15, 0.2) is 12.4 Å². The Morgan fingerprint density at radius 2 is 1.88 bits per heavy atom. The zero-order valence-corrected chi connectivity index (χ0v) is 15.0. The third-order valence-corrected chi connectivity index (χ3v) is 4.67. The molecule has 0 radical (unpaired) electrons. The average molecular weight is 351 g/mol. The lowest BCUT2D eigenvalue weighted by Gasteiger charge is -2.23. The first-order chi connectivity index (χ1) is 12.3. The lowest BCUT2D eigenvalue weighted by atomic mass is 9.83. The van der Waals surface area contributed by atoms with Crippen molar-refractivity contribution < 1.29 is 19.4 Å². The lowest BCUT2D eigenvalue weighted by Crippen LogP contribution is -2.25. The van der Waals surface area contributed by atoms with Gasteiger partial charge in [0.2, 0.25) is 0 Å². The van der Waals surface area contributed by atoms with Gasteiger partial charge in [-0.15, -0.1) is 0 Å². The number of ether oxygens (including phenoxy) is 1. The zero-order valence-electron chi connectivity index (χ0n) is 15.0. The van der Waals surface area contributed by atoms with Crippen LogP contribution in [0.15, 0.2) is 60.3 Å². The number of benzene rings is 2. The minimum Gasteiger partial charge on any atom is -0.508 e. The normalized spacial score (nSPS) is 16.4. The number of hydrogen-bond donors (Lipinski definition) is 1. The number of aromatic hydroxyl groups is 1. The molecule has 0 amide bonds. The van der Waals surface area contributed by atoms with Gasteiger partial charge in [-0.3, -0.25) is 4.79 Å². The molecule has 1 aliphatic heterocycles. The highest BCUT2D eigenvalue weighted by Gasteiger charge is 2.38. The van der Waals surface area contributed by atoms with Crippen LogP contribution in [0, 0.1) is 0 Å². The van der Waals surface area contributed by atoms with Crippen molar-refractivity contribution in [2.75, 3.05) is 18.6 Å².